The number of aromatic nitrogens is 2. The van der Waals surface area contributed by atoms with Gasteiger partial charge in [0.05, 0.1) is 11.9 Å². The summed E-state index contributed by atoms with van der Waals surface area (Å²) in [6, 6.07) is 10.2. The van der Waals surface area contributed by atoms with Crippen LogP contribution in [0.15, 0.2) is 30.3 Å². The Bertz CT molecular complexity index is 678. The third kappa shape index (κ3) is 4.87. The monoisotopic (exact) mass is 310 g/mol. The number of nitrogens with zero attached hydrogens (tertiary/aromatic N) is 2. The van der Waals surface area contributed by atoms with Gasteiger partial charge in [-0.1, -0.05) is 30.3 Å². The van der Waals surface area contributed by atoms with E-state index in [1.165, 1.54) is 12.6 Å². The van der Waals surface area contributed by atoms with Gasteiger partial charge in [-0.15, -0.1) is 0 Å². The predicted molar refractivity (Wildman–Crippen MR) is 86.8 cm³/mol. The lowest BCUT2D eigenvalue weighted by atomic mass is 10.1. The lowest BCUT2D eigenvalue weighted by Crippen LogP contribution is -2.15. The van der Waals surface area contributed by atoms with E-state index in [2.05, 4.69) is 34.2 Å². The van der Waals surface area contributed by atoms with Crippen molar-refractivity contribution >= 4 is 15.8 Å². The number of hydrogen-bond acceptors (Lipinski definition) is 4. The molecule has 2 N–H and O–H groups in total. The molecule has 0 amide bonds. The van der Waals surface area contributed by atoms with Crippen molar-refractivity contribution in [3.8, 4) is 11.3 Å². The highest BCUT2D eigenvalue weighted by atomic mass is 32.2. The minimum absolute atomic E-state index is 1.04. The van der Waals surface area contributed by atoms with Crippen LogP contribution in [-0.2, 0) is 17.1 Å². The third-order valence-corrected chi connectivity index (χ3v) is 3.68. The van der Waals surface area contributed by atoms with Crippen molar-refractivity contribution in [1.29, 1.82) is 0 Å². The van der Waals surface area contributed by atoms with Gasteiger partial charge in [0.2, 0.25) is 10.0 Å². The quantitative estimate of drug-likeness (QED) is 0.903. The van der Waals surface area contributed by atoms with Crippen molar-refractivity contribution in [1.82, 2.24) is 14.5 Å². The van der Waals surface area contributed by atoms with Gasteiger partial charge in [0, 0.05) is 25.2 Å². The second kappa shape index (κ2) is 7.24. The smallest absolute Gasteiger partial charge is 0.208 e. The third-order valence-electron chi connectivity index (χ3n) is 2.94. The molecule has 0 bridgehead atoms. The minimum atomic E-state index is -2.91. The van der Waals surface area contributed by atoms with Crippen molar-refractivity contribution in [2.45, 2.75) is 6.92 Å². The normalized spacial score (nSPS) is 10.7. The summed E-state index contributed by atoms with van der Waals surface area (Å²) in [4.78, 5) is 0. The highest BCUT2D eigenvalue weighted by molar-refractivity contribution is 7.88. The molecule has 1 aromatic heterocycles. The van der Waals surface area contributed by atoms with Crippen LogP contribution in [0.3, 0.4) is 0 Å². The summed E-state index contributed by atoms with van der Waals surface area (Å²) in [5.41, 5.74) is 3.39. The molecular weight excluding hydrogens is 288 g/mol. The van der Waals surface area contributed by atoms with E-state index in [4.69, 9.17) is 0 Å². The maximum atomic E-state index is 9.89. The highest BCUT2D eigenvalue weighted by Crippen LogP contribution is 2.26. The number of sulfonamides is 1. The van der Waals surface area contributed by atoms with Crippen LogP contribution in [0.4, 0.5) is 5.82 Å². The fourth-order valence-electron chi connectivity index (χ4n) is 1.85. The number of aryl methyl sites for hydroxylation is 1. The summed E-state index contributed by atoms with van der Waals surface area (Å²) in [5, 5.41) is 7.66. The largest absolute Gasteiger partial charge is 0.373 e. The zero-order valence-electron chi connectivity index (χ0n) is 13.0. The van der Waals surface area contributed by atoms with Crippen LogP contribution in [0.25, 0.3) is 11.3 Å². The first kappa shape index (κ1) is 17.2. The molecule has 0 aliphatic carbocycles. The number of anilines is 1. The Morgan fingerprint density at radius 1 is 1.14 bits per heavy atom. The van der Waals surface area contributed by atoms with Gasteiger partial charge in [-0.2, -0.15) is 5.10 Å². The van der Waals surface area contributed by atoms with Crippen LogP contribution in [-0.4, -0.2) is 38.5 Å². The lowest BCUT2D eigenvalue weighted by molar-refractivity contribution is 0.594. The molecule has 1 heterocycles. The molecule has 0 atom stereocenters. The summed E-state index contributed by atoms with van der Waals surface area (Å²) in [7, 11) is 2.32. The van der Waals surface area contributed by atoms with Crippen LogP contribution in [0, 0.1) is 6.92 Å². The molecule has 2 aromatic rings. The molecule has 1 aromatic carbocycles. The molecule has 0 radical (unpaired) electrons. The zero-order valence-corrected chi connectivity index (χ0v) is 13.8. The summed E-state index contributed by atoms with van der Waals surface area (Å²) in [5.74, 6) is 1.06. The number of nitrogens with one attached hydrogen (secondary N) is 2. The zero-order chi connectivity index (χ0) is 16.0. The lowest BCUT2D eigenvalue weighted by Gasteiger charge is -2.00. The van der Waals surface area contributed by atoms with E-state index in [-0.39, 0.29) is 0 Å². The summed E-state index contributed by atoms with van der Waals surface area (Å²) < 4.78 is 23.7. The van der Waals surface area contributed by atoms with Crippen LogP contribution >= 0.6 is 0 Å². The molecule has 0 aliphatic heterocycles. The second-order valence-corrected chi connectivity index (χ2v) is 6.49. The second-order valence-electron chi connectivity index (χ2n) is 4.54. The predicted octanol–water partition coefficient (Wildman–Crippen LogP) is 1.60. The molecule has 0 spiro atoms. The average Bonchev–Trinajstić information content (AvgIpc) is 2.74. The Labute approximate surface area is 126 Å². The van der Waals surface area contributed by atoms with Gasteiger partial charge in [0.25, 0.3) is 0 Å². The van der Waals surface area contributed by atoms with Crippen molar-refractivity contribution in [3.63, 3.8) is 0 Å². The molecule has 0 saturated heterocycles. The number of rotatable bonds is 3. The molecule has 21 heavy (non-hydrogen) atoms. The molecule has 2 rings (SSSR count). The molecular formula is C14H22N4O2S. The Morgan fingerprint density at radius 2 is 1.67 bits per heavy atom. The SMILES string of the molecule is CNS(C)(=O)=O.CNc1c(C)c(-c2ccccc2)nn1C. The van der Waals surface area contributed by atoms with E-state index in [1.54, 1.807) is 0 Å². The molecule has 6 nitrogen and oxygen atoms in total. The molecule has 0 saturated carbocycles. The molecule has 116 valence electrons. The maximum Gasteiger partial charge on any atom is 0.208 e. The van der Waals surface area contributed by atoms with E-state index < -0.39 is 10.0 Å². The molecule has 0 unspecified atom stereocenters. The van der Waals surface area contributed by atoms with Gasteiger partial charge in [-0.3, -0.25) is 4.68 Å². The Balaban J connectivity index is 0.000000315. The van der Waals surface area contributed by atoms with E-state index >= 15 is 0 Å². The van der Waals surface area contributed by atoms with Crippen molar-refractivity contribution in [3.05, 3.63) is 35.9 Å². The Morgan fingerprint density at radius 3 is 2.05 bits per heavy atom. The fourth-order valence-corrected chi connectivity index (χ4v) is 1.85. The topological polar surface area (TPSA) is 76.0 Å². The van der Waals surface area contributed by atoms with E-state index in [9.17, 15) is 8.42 Å². The standard InChI is InChI=1S/C12H15N3.C2H7NO2S/c1-9-11(10-7-5-4-6-8-10)14-15(3)12(9)13-2;1-3-6(2,4)5/h4-8,13H,1-3H3;3H,1-2H3. The molecule has 7 heteroatoms. The van der Waals surface area contributed by atoms with Crippen LogP contribution in [0.1, 0.15) is 5.56 Å². The van der Waals surface area contributed by atoms with Crippen molar-refractivity contribution in [2.24, 2.45) is 7.05 Å². The maximum absolute atomic E-state index is 9.89. The summed E-state index contributed by atoms with van der Waals surface area (Å²) in [6.45, 7) is 2.08. The van der Waals surface area contributed by atoms with E-state index in [0.717, 1.165) is 23.3 Å². The van der Waals surface area contributed by atoms with Crippen LogP contribution < -0.4 is 10.0 Å². The fraction of sp³-hybridized carbons (Fsp3) is 0.357. The first-order chi connectivity index (χ1) is 9.80. The number of benzene rings is 1. The van der Waals surface area contributed by atoms with Gasteiger partial charge < -0.3 is 5.32 Å². The Kier molecular flexibility index (Phi) is 5.92. The van der Waals surface area contributed by atoms with Crippen molar-refractivity contribution < 1.29 is 8.42 Å². The van der Waals surface area contributed by atoms with Gasteiger partial charge in [0.1, 0.15) is 5.82 Å². The average molecular weight is 310 g/mol. The highest BCUT2D eigenvalue weighted by Gasteiger charge is 2.11. The van der Waals surface area contributed by atoms with E-state index in [0.29, 0.717) is 0 Å². The first-order valence-electron chi connectivity index (χ1n) is 6.45. The number of hydrogen-bond donors (Lipinski definition) is 2. The summed E-state index contributed by atoms with van der Waals surface area (Å²) in [6.07, 6.45) is 1.10. The van der Waals surface area contributed by atoms with Crippen molar-refractivity contribution in [2.75, 3.05) is 25.7 Å². The minimum Gasteiger partial charge on any atom is -0.373 e. The van der Waals surface area contributed by atoms with E-state index in [1.807, 2.05) is 37.0 Å². The first-order valence-corrected chi connectivity index (χ1v) is 8.34. The van der Waals surface area contributed by atoms with Crippen LogP contribution in [0.5, 0.6) is 0 Å². The summed E-state index contributed by atoms with van der Waals surface area (Å²) >= 11 is 0. The van der Waals surface area contributed by atoms with Gasteiger partial charge in [-0.05, 0) is 14.0 Å². The van der Waals surface area contributed by atoms with Gasteiger partial charge in [0.15, 0.2) is 0 Å². The molecule has 0 aliphatic rings. The Hall–Kier alpha value is -1.86. The van der Waals surface area contributed by atoms with Gasteiger partial charge in [-0.25, -0.2) is 13.1 Å². The molecule has 0 fully saturated rings. The van der Waals surface area contributed by atoms with Gasteiger partial charge >= 0.3 is 0 Å². The van der Waals surface area contributed by atoms with Crippen LogP contribution in [0.2, 0.25) is 0 Å².